The number of aliphatic hydroxyl groups is 1. The number of thioether (sulfide) groups is 1. The van der Waals surface area contributed by atoms with Gasteiger partial charge in [0.15, 0.2) is 0 Å². The van der Waals surface area contributed by atoms with Crippen molar-refractivity contribution in [2.75, 3.05) is 12.4 Å². The minimum Gasteiger partial charge on any atom is -0.384 e. The molecule has 1 N–H and O–H groups in total. The summed E-state index contributed by atoms with van der Waals surface area (Å²) in [5.74, 6) is 8.64. The molecule has 0 atom stereocenters. The first kappa shape index (κ1) is 14.2. The minimum atomic E-state index is -0.0760. The molecule has 92 valence electrons. The second-order valence-electron chi connectivity index (χ2n) is 4.40. The Morgan fingerprint density at radius 1 is 1.35 bits per heavy atom. The van der Waals surface area contributed by atoms with Gasteiger partial charge in [-0.3, -0.25) is 0 Å². The molecule has 0 unspecified atom stereocenters. The van der Waals surface area contributed by atoms with E-state index in [9.17, 15) is 0 Å². The molecule has 0 saturated carbocycles. The van der Waals surface area contributed by atoms with Crippen molar-refractivity contribution in [1.29, 1.82) is 0 Å². The molecule has 1 aromatic carbocycles. The van der Waals surface area contributed by atoms with Gasteiger partial charge in [0.05, 0.1) is 0 Å². The Kier molecular flexibility index (Phi) is 6.84. The maximum Gasteiger partial charge on any atom is 0.104 e. The SMILES string of the molecule is CC(C)CCSCc1cccc(C#CCO)c1. The molecule has 0 fully saturated rings. The van der Waals surface area contributed by atoms with Crippen LogP contribution in [0, 0.1) is 17.8 Å². The maximum atomic E-state index is 8.64. The van der Waals surface area contributed by atoms with Crippen LogP contribution in [0.1, 0.15) is 31.4 Å². The van der Waals surface area contributed by atoms with Gasteiger partial charge in [-0.2, -0.15) is 11.8 Å². The lowest BCUT2D eigenvalue weighted by Crippen LogP contribution is -1.90. The van der Waals surface area contributed by atoms with Crippen LogP contribution in [0.5, 0.6) is 0 Å². The lowest BCUT2D eigenvalue weighted by atomic mass is 10.1. The van der Waals surface area contributed by atoms with Crippen LogP contribution in [0.4, 0.5) is 0 Å². The molecule has 0 amide bonds. The summed E-state index contributed by atoms with van der Waals surface area (Å²) in [6.45, 7) is 4.44. The van der Waals surface area contributed by atoms with Crippen molar-refractivity contribution in [1.82, 2.24) is 0 Å². The molecule has 0 aromatic heterocycles. The van der Waals surface area contributed by atoms with Crippen LogP contribution in [-0.2, 0) is 5.75 Å². The molecule has 1 aromatic rings. The van der Waals surface area contributed by atoms with Crippen molar-refractivity contribution in [3.63, 3.8) is 0 Å². The van der Waals surface area contributed by atoms with Crippen LogP contribution in [0.25, 0.3) is 0 Å². The second-order valence-corrected chi connectivity index (χ2v) is 5.50. The molecule has 0 aliphatic rings. The Bertz CT molecular complexity index is 387. The van der Waals surface area contributed by atoms with E-state index in [0.717, 1.165) is 17.2 Å². The van der Waals surface area contributed by atoms with E-state index in [-0.39, 0.29) is 6.61 Å². The Hall–Kier alpha value is -0.910. The maximum absolute atomic E-state index is 8.64. The summed E-state index contributed by atoms with van der Waals surface area (Å²) < 4.78 is 0. The van der Waals surface area contributed by atoms with E-state index in [4.69, 9.17) is 5.11 Å². The Morgan fingerprint density at radius 2 is 2.18 bits per heavy atom. The third-order valence-electron chi connectivity index (χ3n) is 2.35. The molecule has 0 bridgehead atoms. The van der Waals surface area contributed by atoms with Crippen LogP contribution < -0.4 is 0 Å². The summed E-state index contributed by atoms with van der Waals surface area (Å²) in [4.78, 5) is 0. The molecule has 0 saturated heterocycles. The molecule has 0 aliphatic carbocycles. The van der Waals surface area contributed by atoms with E-state index < -0.39 is 0 Å². The zero-order valence-corrected chi connectivity index (χ0v) is 11.4. The highest BCUT2D eigenvalue weighted by atomic mass is 32.2. The molecule has 0 spiro atoms. The molecule has 0 aliphatic heterocycles. The summed E-state index contributed by atoms with van der Waals surface area (Å²) in [5.41, 5.74) is 2.30. The predicted octanol–water partition coefficient (Wildman–Crippen LogP) is 3.31. The summed E-state index contributed by atoms with van der Waals surface area (Å²) in [5, 5.41) is 8.64. The van der Waals surface area contributed by atoms with Crippen LogP contribution >= 0.6 is 11.8 Å². The first-order chi connectivity index (χ1) is 8.22. The summed E-state index contributed by atoms with van der Waals surface area (Å²) in [7, 11) is 0. The van der Waals surface area contributed by atoms with Gasteiger partial charge in [0.2, 0.25) is 0 Å². The topological polar surface area (TPSA) is 20.2 Å². The van der Waals surface area contributed by atoms with Gasteiger partial charge in [0.1, 0.15) is 6.61 Å². The predicted molar refractivity (Wildman–Crippen MR) is 76.0 cm³/mol. The molecular formula is C15H20OS. The van der Waals surface area contributed by atoms with E-state index in [1.165, 1.54) is 17.7 Å². The van der Waals surface area contributed by atoms with Crippen LogP contribution in [0.3, 0.4) is 0 Å². The first-order valence-electron chi connectivity index (χ1n) is 5.99. The van der Waals surface area contributed by atoms with Crippen molar-refractivity contribution < 1.29 is 5.11 Å². The van der Waals surface area contributed by atoms with Crippen molar-refractivity contribution in [2.45, 2.75) is 26.0 Å². The van der Waals surface area contributed by atoms with Gasteiger partial charge in [-0.25, -0.2) is 0 Å². The van der Waals surface area contributed by atoms with Gasteiger partial charge in [0.25, 0.3) is 0 Å². The van der Waals surface area contributed by atoms with Gasteiger partial charge >= 0.3 is 0 Å². The molecule has 1 rings (SSSR count). The van der Waals surface area contributed by atoms with Crippen molar-refractivity contribution in [3.05, 3.63) is 35.4 Å². The van der Waals surface area contributed by atoms with E-state index >= 15 is 0 Å². The lowest BCUT2D eigenvalue weighted by Gasteiger charge is -2.04. The van der Waals surface area contributed by atoms with Crippen LogP contribution in [0.2, 0.25) is 0 Å². The van der Waals surface area contributed by atoms with E-state index in [2.05, 4.69) is 37.8 Å². The highest BCUT2D eigenvalue weighted by molar-refractivity contribution is 7.98. The monoisotopic (exact) mass is 248 g/mol. The lowest BCUT2D eigenvalue weighted by molar-refractivity contribution is 0.350. The smallest absolute Gasteiger partial charge is 0.104 e. The van der Waals surface area contributed by atoms with E-state index in [1.807, 2.05) is 23.9 Å². The van der Waals surface area contributed by atoms with E-state index in [0.29, 0.717) is 0 Å². The number of benzene rings is 1. The van der Waals surface area contributed by atoms with Gasteiger partial charge < -0.3 is 5.11 Å². The zero-order valence-electron chi connectivity index (χ0n) is 10.6. The van der Waals surface area contributed by atoms with Crippen molar-refractivity contribution >= 4 is 11.8 Å². The molecular weight excluding hydrogens is 228 g/mol. The van der Waals surface area contributed by atoms with Gasteiger partial charge in [-0.15, -0.1) is 0 Å². The van der Waals surface area contributed by atoms with Crippen molar-refractivity contribution in [3.8, 4) is 11.8 Å². The third-order valence-corrected chi connectivity index (χ3v) is 3.41. The molecule has 0 radical (unpaired) electrons. The van der Waals surface area contributed by atoms with Crippen molar-refractivity contribution in [2.24, 2.45) is 5.92 Å². The van der Waals surface area contributed by atoms with E-state index in [1.54, 1.807) is 0 Å². The summed E-state index contributed by atoms with van der Waals surface area (Å²) >= 11 is 1.97. The summed E-state index contributed by atoms with van der Waals surface area (Å²) in [6.07, 6.45) is 1.27. The third kappa shape index (κ3) is 6.41. The zero-order chi connectivity index (χ0) is 12.5. The average molecular weight is 248 g/mol. The highest BCUT2D eigenvalue weighted by Crippen LogP contribution is 2.16. The number of hydrogen-bond acceptors (Lipinski definition) is 2. The number of aliphatic hydroxyl groups excluding tert-OH is 1. The fraction of sp³-hybridized carbons (Fsp3) is 0.467. The summed E-state index contributed by atoms with van der Waals surface area (Å²) in [6, 6.07) is 8.24. The normalized spacial score (nSPS) is 10.1. The highest BCUT2D eigenvalue weighted by Gasteiger charge is 1.97. The number of hydrogen-bond donors (Lipinski definition) is 1. The van der Waals surface area contributed by atoms with Crippen LogP contribution in [-0.4, -0.2) is 17.5 Å². The quantitative estimate of drug-likeness (QED) is 0.637. The van der Waals surface area contributed by atoms with Gasteiger partial charge in [0, 0.05) is 11.3 Å². The van der Waals surface area contributed by atoms with Crippen LogP contribution in [0.15, 0.2) is 24.3 Å². The number of rotatable bonds is 5. The molecule has 1 nitrogen and oxygen atoms in total. The average Bonchev–Trinajstić information content (AvgIpc) is 2.32. The Morgan fingerprint density at radius 3 is 2.88 bits per heavy atom. The largest absolute Gasteiger partial charge is 0.384 e. The molecule has 17 heavy (non-hydrogen) atoms. The minimum absolute atomic E-state index is 0.0760. The molecule has 0 heterocycles. The first-order valence-corrected chi connectivity index (χ1v) is 7.14. The molecule has 2 heteroatoms. The fourth-order valence-corrected chi connectivity index (χ4v) is 2.59. The van der Waals surface area contributed by atoms with Gasteiger partial charge in [-0.05, 0) is 35.8 Å². The fourth-order valence-electron chi connectivity index (χ4n) is 1.39. The second kappa shape index (κ2) is 8.22. The Balaban J connectivity index is 2.43. The standard InChI is InChI=1S/C15H20OS/c1-13(2)8-10-17-12-15-6-3-5-14(11-15)7-4-9-16/h3,5-6,11,13,16H,8-10,12H2,1-2H3. The van der Waals surface area contributed by atoms with Gasteiger partial charge in [-0.1, -0.05) is 37.8 Å². The Labute approximate surface area is 109 Å².